The number of nitrogens with zero attached hydrogens (tertiary/aromatic N) is 2. The average molecular weight is 292 g/mol. The van der Waals surface area contributed by atoms with Gasteiger partial charge >= 0.3 is 0 Å². The van der Waals surface area contributed by atoms with Crippen LogP contribution in [-0.4, -0.2) is 16.4 Å². The molecule has 0 spiro atoms. The van der Waals surface area contributed by atoms with Crippen molar-refractivity contribution in [3.05, 3.63) is 29.3 Å². The Morgan fingerprint density at radius 1 is 1.40 bits per heavy atom. The number of hydrogen-bond donors (Lipinski definition) is 1. The van der Waals surface area contributed by atoms with Gasteiger partial charge in [-0.1, -0.05) is 18.0 Å². The molecule has 0 unspecified atom stereocenters. The first kappa shape index (κ1) is 13.3. The molecule has 3 rings (SSSR count). The van der Waals surface area contributed by atoms with Crippen LogP contribution in [0.25, 0.3) is 11.3 Å². The highest BCUT2D eigenvalue weighted by Crippen LogP contribution is 2.34. The predicted octanol–water partition coefficient (Wildman–Crippen LogP) is 3.50. The lowest BCUT2D eigenvalue weighted by Gasteiger charge is -2.25. The maximum absolute atomic E-state index is 6.09. The monoisotopic (exact) mass is 291 g/mol. The summed E-state index contributed by atoms with van der Waals surface area (Å²) in [6.45, 7) is 0.761. The van der Waals surface area contributed by atoms with Crippen LogP contribution in [0, 0.1) is 5.92 Å². The number of anilines is 1. The van der Waals surface area contributed by atoms with Gasteiger partial charge in [-0.3, -0.25) is 4.68 Å². The highest BCUT2D eigenvalue weighted by Gasteiger charge is 2.19. The molecule has 0 saturated heterocycles. The number of ether oxygens (including phenoxy) is 1. The Balaban J connectivity index is 1.88. The SMILES string of the molecule is Cn1nc(-c2cc(Cl)ccc2OCC2CCC2)cc1N. The molecule has 0 bridgehead atoms. The summed E-state index contributed by atoms with van der Waals surface area (Å²) in [4.78, 5) is 0. The quantitative estimate of drug-likeness (QED) is 0.938. The van der Waals surface area contributed by atoms with E-state index in [1.54, 1.807) is 4.68 Å². The second-order valence-electron chi connectivity index (χ2n) is 5.33. The summed E-state index contributed by atoms with van der Waals surface area (Å²) in [6, 6.07) is 7.45. The minimum atomic E-state index is 0.616. The third kappa shape index (κ3) is 2.61. The van der Waals surface area contributed by atoms with Crippen molar-refractivity contribution in [2.45, 2.75) is 19.3 Å². The summed E-state index contributed by atoms with van der Waals surface area (Å²) in [6.07, 6.45) is 3.84. The van der Waals surface area contributed by atoms with E-state index < -0.39 is 0 Å². The summed E-state index contributed by atoms with van der Waals surface area (Å²) < 4.78 is 7.60. The van der Waals surface area contributed by atoms with Crippen LogP contribution in [0.5, 0.6) is 5.75 Å². The van der Waals surface area contributed by atoms with Gasteiger partial charge in [0.05, 0.1) is 12.3 Å². The fraction of sp³-hybridized carbons (Fsp3) is 0.400. The molecule has 0 aliphatic heterocycles. The second-order valence-corrected chi connectivity index (χ2v) is 5.76. The molecule has 1 aromatic carbocycles. The van der Waals surface area contributed by atoms with E-state index in [1.165, 1.54) is 19.3 Å². The standard InChI is InChI=1S/C15H18ClN3O/c1-19-15(17)8-13(18-19)12-7-11(16)5-6-14(12)20-9-10-3-2-4-10/h5-8,10H,2-4,9,17H2,1H3. The Labute approximate surface area is 123 Å². The van der Waals surface area contributed by atoms with E-state index in [0.717, 1.165) is 23.6 Å². The molecular weight excluding hydrogens is 274 g/mol. The zero-order chi connectivity index (χ0) is 14.1. The number of hydrogen-bond acceptors (Lipinski definition) is 3. The molecule has 0 atom stereocenters. The maximum atomic E-state index is 6.09. The van der Waals surface area contributed by atoms with E-state index in [2.05, 4.69) is 5.10 Å². The highest BCUT2D eigenvalue weighted by atomic mass is 35.5. The molecule has 0 amide bonds. The van der Waals surface area contributed by atoms with Crippen molar-refractivity contribution >= 4 is 17.4 Å². The van der Waals surface area contributed by atoms with Gasteiger partial charge in [0.1, 0.15) is 11.6 Å². The van der Waals surface area contributed by atoms with Crippen LogP contribution in [0.3, 0.4) is 0 Å². The fourth-order valence-electron chi connectivity index (χ4n) is 2.31. The van der Waals surface area contributed by atoms with Gasteiger partial charge in [-0.25, -0.2) is 0 Å². The number of nitrogen functional groups attached to an aromatic ring is 1. The van der Waals surface area contributed by atoms with E-state index >= 15 is 0 Å². The Morgan fingerprint density at radius 2 is 2.20 bits per heavy atom. The Hall–Kier alpha value is -1.68. The Kier molecular flexibility index (Phi) is 3.57. The van der Waals surface area contributed by atoms with Crippen LogP contribution < -0.4 is 10.5 Å². The number of benzene rings is 1. The van der Waals surface area contributed by atoms with Gasteiger partial charge in [-0.2, -0.15) is 5.10 Å². The molecule has 0 radical (unpaired) electrons. The summed E-state index contributed by atoms with van der Waals surface area (Å²) in [5, 5.41) is 5.06. The maximum Gasteiger partial charge on any atom is 0.128 e. The number of nitrogens with two attached hydrogens (primary N) is 1. The molecule has 1 saturated carbocycles. The molecule has 1 fully saturated rings. The van der Waals surface area contributed by atoms with Gasteiger partial charge in [0.15, 0.2) is 0 Å². The molecule has 1 aliphatic rings. The van der Waals surface area contributed by atoms with Crippen molar-refractivity contribution in [3.63, 3.8) is 0 Å². The van der Waals surface area contributed by atoms with E-state index in [1.807, 2.05) is 31.3 Å². The second kappa shape index (κ2) is 5.37. The molecule has 4 nitrogen and oxygen atoms in total. The van der Waals surface area contributed by atoms with Crippen LogP contribution in [0.15, 0.2) is 24.3 Å². The molecule has 2 N–H and O–H groups in total. The molecule has 1 heterocycles. The van der Waals surface area contributed by atoms with Crippen LogP contribution in [0.1, 0.15) is 19.3 Å². The predicted molar refractivity (Wildman–Crippen MR) is 80.9 cm³/mol. The van der Waals surface area contributed by atoms with Gasteiger partial charge in [0.2, 0.25) is 0 Å². The number of halogens is 1. The molecule has 5 heteroatoms. The lowest BCUT2D eigenvalue weighted by atomic mass is 9.86. The fourth-order valence-corrected chi connectivity index (χ4v) is 2.48. The van der Waals surface area contributed by atoms with Crippen molar-refractivity contribution in [1.82, 2.24) is 9.78 Å². The third-order valence-electron chi connectivity index (χ3n) is 3.83. The number of aryl methyl sites for hydroxylation is 1. The van der Waals surface area contributed by atoms with Gasteiger partial charge in [0, 0.05) is 23.7 Å². The minimum Gasteiger partial charge on any atom is -0.493 e. The van der Waals surface area contributed by atoms with E-state index in [-0.39, 0.29) is 0 Å². The van der Waals surface area contributed by atoms with Crippen molar-refractivity contribution in [3.8, 4) is 17.0 Å². The van der Waals surface area contributed by atoms with Crippen molar-refractivity contribution in [1.29, 1.82) is 0 Å². The lowest BCUT2D eigenvalue weighted by Crippen LogP contribution is -2.19. The summed E-state index contributed by atoms with van der Waals surface area (Å²) in [7, 11) is 1.82. The van der Waals surface area contributed by atoms with E-state index in [0.29, 0.717) is 16.8 Å². The topological polar surface area (TPSA) is 53.1 Å². The number of aromatic nitrogens is 2. The summed E-state index contributed by atoms with van der Waals surface area (Å²) in [5.74, 6) is 2.12. The first-order chi connectivity index (χ1) is 9.63. The van der Waals surface area contributed by atoms with Crippen LogP contribution in [0.4, 0.5) is 5.82 Å². The van der Waals surface area contributed by atoms with Gasteiger partial charge in [-0.15, -0.1) is 0 Å². The van der Waals surface area contributed by atoms with E-state index in [4.69, 9.17) is 22.1 Å². The summed E-state index contributed by atoms with van der Waals surface area (Å²) in [5.41, 5.74) is 7.53. The molecule has 2 aromatic rings. The van der Waals surface area contributed by atoms with Crippen molar-refractivity contribution in [2.24, 2.45) is 13.0 Å². The normalized spacial score (nSPS) is 15.1. The van der Waals surface area contributed by atoms with Crippen molar-refractivity contribution in [2.75, 3.05) is 12.3 Å². The molecule has 1 aliphatic carbocycles. The van der Waals surface area contributed by atoms with Gasteiger partial charge in [0.25, 0.3) is 0 Å². The van der Waals surface area contributed by atoms with Crippen LogP contribution >= 0.6 is 11.6 Å². The zero-order valence-corrected chi connectivity index (χ0v) is 12.2. The Morgan fingerprint density at radius 3 is 2.80 bits per heavy atom. The summed E-state index contributed by atoms with van der Waals surface area (Å²) >= 11 is 6.09. The number of rotatable bonds is 4. The lowest BCUT2D eigenvalue weighted by molar-refractivity contribution is 0.181. The zero-order valence-electron chi connectivity index (χ0n) is 11.5. The van der Waals surface area contributed by atoms with E-state index in [9.17, 15) is 0 Å². The molecule has 1 aromatic heterocycles. The first-order valence-electron chi connectivity index (χ1n) is 6.86. The molecule has 106 valence electrons. The third-order valence-corrected chi connectivity index (χ3v) is 4.07. The van der Waals surface area contributed by atoms with Crippen molar-refractivity contribution < 1.29 is 4.74 Å². The van der Waals surface area contributed by atoms with Crippen LogP contribution in [-0.2, 0) is 7.05 Å². The minimum absolute atomic E-state index is 0.616. The van der Waals surface area contributed by atoms with Crippen LogP contribution in [0.2, 0.25) is 5.02 Å². The first-order valence-corrected chi connectivity index (χ1v) is 7.23. The highest BCUT2D eigenvalue weighted by molar-refractivity contribution is 6.30. The Bertz CT molecular complexity index is 600. The molecule has 20 heavy (non-hydrogen) atoms. The average Bonchev–Trinajstić information content (AvgIpc) is 2.69. The largest absolute Gasteiger partial charge is 0.493 e. The smallest absolute Gasteiger partial charge is 0.128 e. The molecular formula is C15H18ClN3O. The van der Waals surface area contributed by atoms with Gasteiger partial charge < -0.3 is 10.5 Å². The van der Waals surface area contributed by atoms with Gasteiger partial charge in [-0.05, 0) is 37.0 Å².